The first-order chi connectivity index (χ1) is 14.1. The molecule has 152 valence electrons. The number of hydrogen-bond acceptors (Lipinski definition) is 4. The molecule has 1 atom stereocenters. The van der Waals surface area contributed by atoms with E-state index in [4.69, 9.17) is 27.9 Å². The van der Waals surface area contributed by atoms with Gasteiger partial charge in [0.2, 0.25) is 0 Å². The summed E-state index contributed by atoms with van der Waals surface area (Å²) >= 11 is 12.3. The summed E-state index contributed by atoms with van der Waals surface area (Å²) < 4.78 is 5.01. The Morgan fingerprint density at radius 3 is 2.28 bits per heavy atom. The van der Waals surface area contributed by atoms with Crippen molar-refractivity contribution in [3.63, 3.8) is 0 Å². The Morgan fingerprint density at radius 1 is 0.966 bits per heavy atom. The smallest absolute Gasteiger partial charge is 0.0735 e. The van der Waals surface area contributed by atoms with E-state index in [-0.39, 0.29) is 0 Å². The van der Waals surface area contributed by atoms with E-state index in [9.17, 15) is 0 Å². The minimum absolute atomic E-state index is 0.300. The summed E-state index contributed by atoms with van der Waals surface area (Å²) in [6.07, 6.45) is 4.47. The molecule has 0 aliphatic carbocycles. The van der Waals surface area contributed by atoms with Crippen LogP contribution in [-0.4, -0.2) is 36.3 Å². The zero-order valence-corrected chi connectivity index (χ0v) is 18.0. The van der Waals surface area contributed by atoms with Gasteiger partial charge in [0.05, 0.1) is 18.9 Å². The lowest BCUT2D eigenvalue weighted by molar-refractivity contribution is 0.109. The molecule has 1 aliphatic rings. The standard InChI is InChI=1S/C19H16Cl2N2.C4H9NO/c1-13(18-6-2-3-7-22-18)9-14-5-4-8-23-19(14)15-10-16(20)12-17(21)11-15;1-3-6-4-2-5-1/h2-8,10-13H,9H2,1H3;5H,1-4H2. The number of ether oxygens (including phenoxy) is 1. The third-order valence-corrected chi connectivity index (χ3v) is 5.03. The van der Waals surface area contributed by atoms with Crippen molar-refractivity contribution in [1.29, 1.82) is 0 Å². The van der Waals surface area contributed by atoms with Crippen LogP contribution in [0.25, 0.3) is 11.3 Å². The van der Waals surface area contributed by atoms with Gasteiger partial charge in [-0.2, -0.15) is 0 Å². The van der Waals surface area contributed by atoms with E-state index in [0.717, 1.165) is 55.2 Å². The number of nitrogens with one attached hydrogen (secondary N) is 1. The molecule has 0 spiro atoms. The highest BCUT2D eigenvalue weighted by molar-refractivity contribution is 6.35. The topological polar surface area (TPSA) is 47.0 Å². The molecule has 3 aromatic rings. The highest BCUT2D eigenvalue weighted by Gasteiger charge is 2.13. The van der Waals surface area contributed by atoms with Gasteiger partial charge >= 0.3 is 0 Å². The lowest BCUT2D eigenvalue weighted by Gasteiger charge is -2.14. The number of morpholine rings is 1. The molecule has 1 aromatic carbocycles. The fourth-order valence-corrected chi connectivity index (χ4v) is 3.70. The molecule has 0 amide bonds. The number of hydrogen-bond donors (Lipinski definition) is 1. The van der Waals surface area contributed by atoms with Crippen LogP contribution >= 0.6 is 23.2 Å². The Hall–Kier alpha value is -1.98. The van der Waals surface area contributed by atoms with Crippen molar-refractivity contribution < 1.29 is 4.74 Å². The van der Waals surface area contributed by atoms with Crippen molar-refractivity contribution in [2.75, 3.05) is 26.3 Å². The van der Waals surface area contributed by atoms with Crippen molar-refractivity contribution in [3.05, 3.63) is 82.2 Å². The first-order valence-electron chi connectivity index (χ1n) is 9.73. The van der Waals surface area contributed by atoms with E-state index in [1.165, 1.54) is 0 Å². The number of nitrogens with zero attached hydrogens (tertiary/aromatic N) is 2. The van der Waals surface area contributed by atoms with E-state index in [1.807, 2.05) is 36.5 Å². The molecule has 1 N–H and O–H groups in total. The van der Waals surface area contributed by atoms with Gasteiger partial charge in [-0.05, 0) is 48.4 Å². The zero-order valence-electron chi connectivity index (χ0n) is 16.4. The molecule has 3 heterocycles. The summed E-state index contributed by atoms with van der Waals surface area (Å²) in [6.45, 7) is 6.00. The van der Waals surface area contributed by atoms with Gasteiger partial charge in [0, 0.05) is 52.7 Å². The second-order valence-corrected chi connectivity index (χ2v) is 7.76. The molecule has 1 unspecified atom stereocenters. The second-order valence-electron chi connectivity index (χ2n) is 6.89. The quantitative estimate of drug-likeness (QED) is 0.602. The Morgan fingerprint density at radius 2 is 1.69 bits per heavy atom. The summed E-state index contributed by atoms with van der Waals surface area (Å²) in [7, 11) is 0. The van der Waals surface area contributed by atoms with Crippen LogP contribution in [0.5, 0.6) is 0 Å². The van der Waals surface area contributed by atoms with Gasteiger partial charge in [-0.25, -0.2) is 0 Å². The second kappa shape index (κ2) is 11.3. The Kier molecular flexibility index (Phi) is 8.44. The first kappa shape index (κ1) is 21.7. The molecule has 0 bridgehead atoms. The predicted molar refractivity (Wildman–Crippen MR) is 120 cm³/mol. The predicted octanol–water partition coefficient (Wildman–Crippen LogP) is 5.40. The van der Waals surface area contributed by atoms with Crippen LogP contribution in [0, 0.1) is 0 Å². The fourth-order valence-electron chi connectivity index (χ4n) is 3.17. The highest BCUT2D eigenvalue weighted by atomic mass is 35.5. The molecule has 1 saturated heterocycles. The Labute approximate surface area is 182 Å². The summed E-state index contributed by atoms with van der Waals surface area (Å²) in [4.78, 5) is 8.98. The van der Waals surface area contributed by atoms with Gasteiger partial charge < -0.3 is 10.1 Å². The number of halogens is 2. The highest BCUT2D eigenvalue weighted by Crippen LogP contribution is 2.30. The average Bonchev–Trinajstić information content (AvgIpc) is 2.76. The van der Waals surface area contributed by atoms with Gasteiger partial charge in [-0.1, -0.05) is 42.3 Å². The molecular formula is C23H25Cl2N3O. The van der Waals surface area contributed by atoms with Crippen LogP contribution in [-0.2, 0) is 11.2 Å². The van der Waals surface area contributed by atoms with Crippen molar-refractivity contribution in [1.82, 2.24) is 15.3 Å². The number of benzene rings is 1. The normalized spacial score (nSPS) is 14.6. The fraction of sp³-hybridized carbons (Fsp3) is 0.304. The minimum Gasteiger partial charge on any atom is -0.379 e. The van der Waals surface area contributed by atoms with E-state index < -0.39 is 0 Å². The molecule has 2 aromatic heterocycles. The molecule has 0 saturated carbocycles. The van der Waals surface area contributed by atoms with Crippen LogP contribution in [0.1, 0.15) is 24.1 Å². The van der Waals surface area contributed by atoms with E-state index in [2.05, 4.69) is 34.3 Å². The monoisotopic (exact) mass is 429 g/mol. The van der Waals surface area contributed by atoms with Crippen LogP contribution in [0.3, 0.4) is 0 Å². The van der Waals surface area contributed by atoms with Crippen LogP contribution < -0.4 is 5.32 Å². The molecule has 4 nitrogen and oxygen atoms in total. The third kappa shape index (κ3) is 6.79. The van der Waals surface area contributed by atoms with E-state index in [1.54, 1.807) is 12.3 Å². The maximum atomic E-state index is 6.13. The van der Waals surface area contributed by atoms with Gasteiger partial charge in [0.1, 0.15) is 0 Å². The summed E-state index contributed by atoms with van der Waals surface area (Å²) in [5.41, 5.74) is 4.08. The SMILES string of the molecule is C1COCCN1.CC(Cc1cccnc1-c1cc(Cl)cc(Cl)c1)c1ccccn1. The zero-order chi connectivity index (χ0) is 20.5. The minimum atomic E-state index is 0.300. The van der Waals surface area contributed by atoms with Crippen LogP contribution in [0.15, 0.2) is 60.9 Å². The summed E-state index contributed by atoms with van der Waals surface area (Å²) in [5.74, 6) is 0.300. The number of pyridine rings is 2. The maximum absolute atomic E-state index is 6.13. The van der Waals surface area contributed by atoms with Crippen molar-refractivity contribution >= 4 is 23.2 Å². The molecule has 6 heteroatoms. The van der Waals surface area contributed by atoms with Crippen molar-refractivity contribution in [2.45, 2.75) is 19.3 Å². The third-order valence-electron chi connectivity index (χ3n) is 4.59. The first-order valence-corrected chi connectivity index (χ1v) is 10.5. The Bertz CT molecular complexity index is 870. The number of aromatic nitrogens is 2. The summed E-state index contributed by atoms with van der Waals surface area (Å²) in [6, 6.07) is 15.6. The largest absolute Gasteiger partial charge is 0.379 e. The molecule has 1 aliphatic heterocycles. The van der Waals surface area contributed by atoms with Gasteiger partial charge in [0.15, 0.2) is 0 Å². The van der Waals surface area contributed by atoms with Gasteiger partial charge in [0.25, 0.3) is 0 Å². The average molecular weight is 430 g/mol. The Balaban J connectivity index is 0.000000343. The van der Waals surface area contributed by atoms with Crippen molar-refractivity contribution in [2.24, 2.45) is 0 Å². The summed E-state index contributed by atoms with van der Waals surface area (Å²) in [5, 5.41) is 4.39. The van der Waals surface area contributed by atoms with Crippen LogP contribution in [0.2, 0.25) is 10.0 Å². The van der Waals surface area contributed by atoms with Gasteiger partial charge in [-0.15, -0.1) is 0 Å². The molecule has 4 rings (SSSR count). The van der Waals surface area contributed by atoms with Crippen LogP contribution in [0.4, 0.5) is 0 Å². The molecule has 0 radical (unpaired) electrons. The van der Waals surface area contributed by atoms with E-state index >= 15 is 0 Å². The molecule has 29 heavy (non-hydrogen) atoms. The molecule has 1 fully saturated rings. The lowest BCUT2D eigenvalue weighted by atomic mass is 9.94. The van der Waals surface area contributed by atoms with Crippen molar-refractivity contribution in [3.8, 4) is 11.3 Å². The van der Waals surface area contributed by atoms with Gasteiger partial charge in [-0.3, -0.25) is 9.97 Å². The lowest BCUT2D eigenvalue weighted by Crippen LogP contribution is -2.30. The molecular weight excluding hydrogens is 405 g/mol. The number of rotatable bonds is 4. The maximum Gasteiger partial charge on any atom is 0.0735 e. The van der Waals surface area contributed by atoms with E-state index in [0.29, 0.717) is 16.0 Å².